The molecule has 7 heavy (non-hydrogen) atoms. The molecule has 0 atom stereocenters. The zero-order valence-electron chi connectivity index (χ0n) is 4.56. The number of carbonyl (C=O) groups excluding carboxylic acids is 1. The van der Waals surface area contributed by atoms with E-state index in [1.54, 1.807) is 0 Å². The van der Waals surface area contributed by atoms with Crippen molar-refractivity contribution in [2.24, 2.45) is 5.92 Å². The lowest BCUT2D eigenvalue weighted by molar-refractivity contribution is -0.103. The number of rotatable bonds is 0. The quantitative estimate of drug-likeness (QED) is 0.322. The third kappa shape index (κ3) is 5.23. The van der Waals surface area contributed by atoms with Crippen LogP contribution in [0.1, 0.15) is 13.8 Å². The predicted octanol–water partition coefficient (Wildman–Crippen LogP) is 0.845. The fraction of sp³-hybridized carbons (Fsp3) is 0.500. The van der Waals surface area contributed by atoms with Crippen molar-refractivity contribution in [1.82, 2.24) is 0 Å². The van der Waals surface area contributed by atoms with E-state index in [4.69, 9.17) is 0 Å². The molecule has 0 rings (SSSR count). The van der Waals surface area contributed by atoms with Crippen molar-refractivity contribution in [3.8, 4) is 11.8 Å². The molecule has 0 radical (unpaired) electrons. The average molecular weight is 96.1 g/mol. The van der Waals surface area contributed by atoms with Gasteiger partial charge in [-0.15, -0.1) is 0 Å². The van der Waals surface area contributed by atoms with E-state index in [0.717, 1.165) is 0 Å². The molecule has 0 fully saturated rings. The maximum Gasteiger partial charge on any atom is 0.192 e. The normalized spacial score (nSPS) is 7.29. The molecule has 0 spiro atoms. The highest BCUT2D eigenvalue weighted by atomic mass is 16.1. The van der Waals surface area contributed by atoms with Gasteiger partial charge in [-0.2, -0.15) is 0 Å². The number of carbonyl (C=O) groups is 1. The van der Waals surface area contributed by atoms with Crippen LogP contribution >= 0.6 is 0 Å². The highest BCUT2D eigenvalue weighted by Gasteiger charge is 1.77. The zero-order valence-corrected chi connectivity index (χ0v) is 4.56. The van der Waals surface area contributed by atoms with Crippen molar-refractivity contribution in [3.05, 3.63) is 0 Å². The number of hydrogen-bond donors (Lipinski definition) is 0. The second-order valence-corrected chi connectivity index (χ2v) is 1.56. The average Bonchev–Trinajstić information content (AvgIpc) is 1.61. The molecule has 0 heterocycles. The maximum absolute atomic E-state index is 9.54. The van der Waals surface area contributed by atoms with Gasteiger partial charge in [-0.3, -0.25) is 4.79 Å². The molecule has 1 heteroatoms. The van der Waals surface area contributed by atoms with Gasteiger partial charge in [0.2, 0.25) is 0 Å². The van der Waals surface area contributed by atoms with Crippen molar-refractivity contribution in [1.29, 1.82) is 0 Å². The lowest BCUT2D eigenvalue weighted by atomic mass is 10.2. The van der Waals surface area contributed by atoms with E-state index in [0.29, 0.717) is 12.2 Å². The van der Waals surface area contributed by atoms with Crippen LogP contribution in [0.25, 0.3) is 0 Å². The highest BCUT2D eigenvalue weighted by molar-refractivity contribution is 5.72. The maximum atomic E-state index is 9.54. The van der Waals surface area contributed by atoms with Gasteiger partial charge in [0.1, 0.15) is 0 Å². The Balaban J connectivity index is 3.43. The summed E-state index contributed by atoms with van der Waals surface area (Å²) < 4.78 is 0. The summed E-state index contributed by atoms with van der Waals surface area (Å²) in [6.07, 6.45) is 0.611. The van der Waals surface area contributed by atoms with Crippen LogP contribution in [-0.4, -0.2) is 6.29 Å². The number of hydrogen-bond acceptors (Lipinski definition) is 1. The Morgan fingerprint density at radius 2 is 2.14 bits per heavy atom. The van der Waals surface area contributed by atoms with Gasteiger partial charge in [0.25, 0.3) is 0 Å². The van der Waals surface area contributed by atoms with Gasteiger partial charge in [0.05, 0.1) is 0 Å². The van der Waals surface area contributed by atoms with Crippen molar-refractivity contribution in [2.75, 3.05) is 0 Å². The van der Waals surface area contributed by atoms with E-state index in [1.807, 2.05) is 13.8 Å². The summed E-state index contributed by atoms with van der Waals surface area (Å²) >= 11 is 0. The Labute approximate surface area is 43.7 Å². The Bertz CT molecular complexity index is 103. The second-order valence-electron chi connectivity index (χ2n) is 1.56. The molecular weight excluding hydrogens is 88.1 g/mol. The molecule has 0 bridgehead atoms. The summed E-state index contributed by atoms with van der Waals surface area (Å²) in [4.78, 5) is 9.54. The van der Waals surface area contributed by atoms with Gasteiger partial charge >= 0.3 is 0 Å². The van der Waals surface area contributed by atoms with E-state index in [1.165, 1.54) is 0 Å². The minimum absolute atomic E-state index is 0.310. The van der Waals surface area contributed by atoms with Crippen LogP contribution in [0.4, 0.5) is 0 Å². The van der Waals surface area contributed by atoms with E-state index in [9.17, 15) is 4.79 Å². The molecule has 0 aromatic heterocycles. The summed E-state index contributed by atoms with van der Waals surface area (Å²) in [5.74, 6) is 5.30. The van der Waals surface area contributed by atoms with Gasteiger partial charge in [0, 0.05) is 5.92 Å². The summed E-state index contributed by atoms with van der Waals surface area (Å²) in [6.45, 7) is 3.88. The monoisotopic (exact) mass is 96.1 g/mol. The van der Waals surface area contributed by atoms with E-state index in [2.05, 4.69) is 11.8 Å². The fourth-order valence-electron chi connectivity index (χ4n) is 0.201. The molecule has 0 saturated carbocycles. The van der Waals surface area contributed by atoms with E-state index in [-0.39, 0.29) is 0 Å². The van der Waals surface area contributed by atoms with Gasteiger partial charge in [-0.25, -0.2) is 0 Å². The smallest absolute Gasteiger partial charge is 0.192 e. The van der Waals surface area contributed by atoms with Crippen molar-refractivity contribution in [3.63, 3.8) is 0 Å². The van der Waals surface area contributed by atoms with E-state index >= 15 is 0 Å². The van der Waals surface area contributed by atoms with Crippen LogP contribution in [0, 0.1) is 17.8 Å². The summed E-state index contributed by atoms with van der Waals surface area (Å²) in [7, 11) is 0. The summed E-state index contributed by atoms with van der Waals surface area (Å²) in [5, 5.41) is 0. The lowest BCUT2D eigenvalue weighted by Crippen LogP contribution is -1.76. The minimum Gasteiger partial charge on any atom is -0.289 e. The SMILES string of the molecule is CC(C)C#CC=O. The largest absolute Gasteiger partial charge is 0.289 e. The molecule has 1 nitrogen and oxygen atoms in total. The molecule has 0 unspecified atom stereocenters. The molecule has 0 aliphatic rings. The summed E-state index contributed by atoms with van der Waals surface area (Å²) in [6, 6.07) is 0. The first-order valence-electron chi connectivity index (χ1n) is 2.22. The number of aldehydes is 1. The van der Waals surface area contributed by atoms with Gasteiger partial charge in [-0.1, -0.05) is 19.8 Å². The first-order valence-corrected chi connectivity index (χ1v) is 2.22. The van der Waals surface area contributed by atoms with Gasteiger partial charge in [-0.05, 0) is 5.92 Å². The molecule has 0 amide bonds. The van der Waals surface area contributed by atoms with Gasteiger partial charge in [0.15, 0.2) is 6.29 Å². The van der Waals surface area contributed by atoms with Crippen molar-refractivity contribution >= 4 is 6.29 Å². The third-order valence-electron chi connectivity index (χ3n) is 0.431. The predicted molar refractivity (Wildman–Crippen MR) is 28.7 cm³/mol. The first-order chi connectivity index (χ1) is 3.27. The molecule has 0 N–H and O–H groups in total. The Morgan fingerprint density at radius 3 is 2.29 bits per heavy atom. The molecular formula is C6H8O. The van der Waals surface area contributed by atoms with Crippen LogP contribution in [0.5, 0.6) is 0 Å². The minimum atomic E-state index is 0.310. The molecule has 0 aromatic rings. The topological polar surface area (TPSA) is 17.1 Å². The van der Waals surface area contributed by atoms with Gasteiger partial charge < -0.3 is 0 Å². The van der Waals surface area contributed by atoms with Crippen LogP contribution < -0.4 is 0 Å². The van der Waals surface area contributed by atoms with Crippen molar-refractivity contribution in [2.45, 2.75) is 13.8 Å². The highest BCUT2D eigenvalue weighted by Crippen LogP contribution is 1.83. The molecule has 0 saturated heterocycles. The third-order valence-corrected chi connectivity index (χ3v) is 0.431. The Hall–Kier alpha value is -0.770. The van der Waals surface area contributed by atoms with E-state index < -0.39 is 0 Å². The summed E-state index contributed by atoms with van der Waals surface area (Å²) in [5.41, 5.74) is 0. The Morgan fingerprint density at radius 1 is 1.57 bits per heavy atom. The molecule has 0 aromatic carbocycles. The van der Waals surface area contributed by atoms with Crippen molar-refractivity contribution < 1.29 is 4.79 Å². The fourth-order valence-corrected chi connectivity index (χ4v) is 0.201. The first kappa shape index (κ1) is 6.23. The zero-order chi connectivity index (χ0) is 5.70. The standard InChI is InChI=1S/C6H8O/c1-6(2)4-3-5-7/h5-6H,1-2H3. The van der Waals surface area contributed by atoms with Crippen LogP contribution in [0.3, 0.4) is 0 Å². The lowest BCUT2D eigenvalue weighted by Gasteiger charge is -1.81. The van der Waals surface area contributed by atoms with Crippen LogP contribution in [0.15, 0.2) is 0 Å². The Kier molecular flexibility index (Phi) is 3.04. The molecule has 38 valence electrons. The molecule has 0 aliphatic heterocycles. The van der Waals surface area contributed by atoms with Crippen LogP contribution in [-0.2, 0) is 4.79 Å². The van der Waals surface area contributed by atoms with Crippen LogP contribution in [0.2, 0.25) is 0 Å². The second kappa shape index (κ2) is 3.42. The molecule has 0 aliphatic carbocycles.